The Morgan fingerprint density at radius 2 is 1.75 bits per heavy atom. The van der Waals surface area contributed by atoms with Crippen LogP contribution in [-0.2, 0) is 21.4 Å². The molecule has 36 heavy (non-hydrogen) atoms. The SMILES string of the molecule is CN(C)Cc1ccc(N=C(c2ccccc2)C2C(=O)Nc3ccc(S(=O)(=O)NCC4CC4)cc32)cc1. The summed E-state index contributed by atoms with van der Waals surface area (Å²) in [4.78, 5) is 20.4. The Bertz CT molecular complexity index is 1400. The molecule has 2 N–H and O–H groups in total. The summed E-state index contributed by atoms with van der Waals surface area (Å²) in [5, 5.41) is 2.91. The molecule has 5 rings (SSSR count). The Morgan fingerprint density at radius 3 is 2.42 bits per heavy atom. The number of hydrogen-bond acceptors (Lipinski definition) is 5. The fraction of sp³-hybridized carbons (Fsp3) is 0.286. The Labute approximate surface area is 212 Å². The molecule has 0 radical (unpaired) electrons. The van der Waals surface area contributed by atoms with Crippen LogP contribution in [0.3, 0.4) is 0 Å². The van der Waals surface area contributed by atoms with E-state index in [4.69, 9.17) is 4.99 Å². The molecule has 1 amide bonds. The summed E-state index contributed by atoms with van der Waals surface area (Å²) >= 11 is 0. The zero-order chi connectivity index (χ0) is 25.3. The fourth-order valence-corrected chi connectivity index (χ4v) is 5.55. The van der Waals surface area contributed by atoms with Crippen molar-refractivity contribution in [1.82, 2.24) is 9.62 Å². The van der Waals surface area contributed by atoms with E-state index < -0.39 is 15.9 Å². The van der Waals surface area contributed by atoms with E-state index in [-0.39, 0.29) is 10.8 Å². The molecule has 3 aromatic carbocycles. The monoisotopic (exact) mass is 502 g/mol. The van der Waals surface area contributed by atoms with Crippen LogP contribution in [0.5, 0.6) is 0 Å². The molecule has 0 aromatic heterocycles. The minimum atomic E-state index is -3.67. The van der Waals surface area contributed by atoms with Gasteiger partial charge in [-0.1, -0.05) is 42.5 Å². The van der Waals surface area contributed by atoms with Gasteiger partial charge in [0, 0.05) is 18.8 Å². The molecule has 0 spiro atoms. The summed E-state index contributed by atoms with van der Waals surface area (Å²) in [7, 11) is 0.364. The van der Waals surface area contributed by atoms with Crippen molar-refractivity contribution < 1.29 is 13.2 Å². The van der Waals surface area contributed by atoms with Gasteiger partial charge in [0.25, 0.3) is 0 Å². The minimum Gasteiger partial charge on any atom is -0.325 e. The van der Waals surface area contributed by atoms with Gasteiger partial charge in [-0.15, -0.1) is 0 Å². The first-order valence-corrected chi connectivity index (χ1v) is 13.6. The molecule has 186 valence electrons. The highest BCUT2D eigenvalue weighted by Crippen LogP contribution is 2.38. The zero-order valence-electron chi connectivity index (χ0n) is 20.4. The van der Waals surface area contributed by atoms with Crippen molar-refractivity contribution >= 4 is 33.0 Å². The van der Waals surface area contributed by atoms with Crippen molar-refractivity contribution in [3.8, 4) is 0 Å². The maximum Gasteiger partial charge on any atom is 0.240 e. The number of nitrogens with one attached hydrogen (secondary N) is 2. The Morgan fingerprint density at radius 1 is 1.03 bits per heavy atom. The van der Waals surface area contributed by atoms with Crippen molar-refractivity contribution in [3.63, 3.8) is 0 Å². The fourth-order valence-electron chi connectivity index (χ4n) is 4.40. The number of hydrogen-bond donors (Lipinski definition) is 2. The number of sulfonamides is 1. The van der Waals surface area contributed by atoms with Gasteiger partial charge in [-0.25, -0.2) is 13.1 Å². The summed E-state index contributed by atoms with van der Waals surface area (Å²) < 4.78 is 28.6. The van der Waals surface area contributed by atoms with Gasteiger partial charge < -0.3 is 10.2 Å². The number of nitrogens with zero attached hydrogens (tertiary/aromatic N) is 2. The molecule has 1 heterocycles. The third kappa shape index (κ3) is 5.41. The lowest BCUT2D eigenvalue weighted by Crippen LogP contribution is -2.26. The van der Waals surface area contributed by atoms with E-state index >= 15 is 0 Å². The van der Waals surface area contributed by atoms with E-state index in [2.05, 4.69) is 14.9 Å². The van der Waals surface area contributed by atoms with E-state index in [1.54, 1.807) is 18.2 Å². The quantitative estimate of drug-likeness (QED) is 0.427. The van der Waals surface area contributed by atoms with Gasteiger partial charge >= 0.3 is 0 Å². The van der Waals surface area contributed by atoms with Gasteiger partial charge in [-0.05, 0) is 79.9 Å². The molecule has 1 aliphatic carbocycles. The van der Waals surface area contributed by atoms with E-state index in [9.17, 15) is 13.2 Å². The second kappa shape index (κ2) is 9.97. The summed E-state index contributed by atoms with van der Waals surface area (Å²) in [5.41, 5.74) is 4.50. The molecule has 2 aliphatic rings. The number of rotatable bonds is 9. The molecule has 0 saturated heterocycles. The first-order chi connectivity index (χ1) is 17.3. The number of benzene rings is 3. The van der Waals surface area contributed by atoms with Crippen LogP contribution < -0.4 is 10.0 Å². The summed E-state index contributed by atoms with van der Waals surface area (Å²) in [6.07, 6.45) is 2.11. The summed E-state index contributed by atoms with van der Waals surface area (Å²) in [5.74, 6) is -0.536. The van der Waals surface area contributed by atoms with E-state index in [1.807, 2.05) is 68.7 Å². The van der Waals surface area contributed by atoms with Gasteiger partial charge in [0.15, 0.2) is 0 Å². The maximum absolute atomic E-state index is 13.2. The van der Waals surface area contributed by atoms with E-state index in [0.29, 0.717) is 29.4 Å². The lowest BCUT2D eigenvalue weighted by Gasteiger charge is -2.15. The molecular formula is C28H30N4O3S. The van der Waals surface area contributed by atoms with Gasteiger partial charge in [0.05, 0.1) is 16.3 Å². The molecule has 1 aliphatic heterocycles. The van der Waals surface area contributed by atoms with Crippen molar-refractivity contribution in [3.05, 3.63) is 89.5 Å². The first kappa shape index (κ1) is 24.4. The number of carbonyl (C=O) groups excluding carboxylic acids is 1. The highest BCUT2D eigenvalue weighted by Gasteiger charge is 2.36. The number of amides is 1. The Balaban J connectivity index is 1.54. The number of anilines is 1. The van der Waals surface area contributed by atoms with Gasteiger partial charge in [0.1, 0.15) is 5.92 Å². The topological polar surface area (TPSA) is 90.9 Å². The average molecular weight is 503 g/mol. The largest absolute Gasteiger partial charge is 0.325 e. The van der Waals surface area contributed by atoms with Crippen LogP contribution in [0.1, 0.15) is 35.4 Å². The molecule has 1 atom stereocenters. The number of carbonyl (C=O) groups is 1. The van der Waals surface area contributed by atoms with Crippen molar-refractivity contribution in [1.29, 1.82) is 0 Å². The van der Waals surface area contributed by atoms with Crippen LogP contribution in [0, 0.1) is 5.92 Å². The predicted molar refractivity (Wildman–Crippen MR) is 142 cm³/mol. The Hall–Kier alpha value is -3.33. The second-order valence-electron chi connectivity index (χ2n) is 9.73. The molecule has 3 aromatic rings. The molecule has 8 heteroatoms. The standard InChI is InChI=1S/C28H30N4O3S/c1-32(2)18-20-10-12-22(13-11-20)30-27(21-6-4-3-5-7-21)26-24-16-23(14-15-25(24)31-28(26)33)36(34,35)29-17-19-8-9-19/h3-7,10-16,19,26,29H,8-9,17-18H2,1-2H3,(H,31,33). The molecule has 1 unspecified atom stereocenters. The zero-order valence-corrected chi connectivity index (χ0v) is 21.3. The van der Waals surface area contributed by atoms with Gasteiger partial charge in [0.2, 0.25) is 15.9 Å². The molecule has 0 bridgehead atoms. The van der Waals surface area contributed by atoms with Crippen LogP contribution in [0.4, 0.5) is 11.4 Å². The average Bonchev–Trinajstić information content (AvgIpc) is 3.64. The smallest absolute Gasteiger partial charge is 0.240 e. The summed E-state index contributed by atoms with van der Waals surface area (Å²) in [6.45, 7) is 1.26. The third-order valence-corrected chi connectivity index (χ3v) is 7.87. The molecule has 7 nitrogen and oxygen atoms in total. The second-order valence-corrected chi connectivity index (χ2v) is 11.5. The third-order valence-electron chi connectivity index (χ3n) is 6.45. The lowest BCUT2D eigenvalue weighted by molar-refractivity contribution is -0.115. The van der Waals surface area contributed by atoms with Gasteiger partial charge in [-0.2, -0.15) is 0 Å². The highest BCUT2D eigenvalue weighted by atomic mass is 32.2. The normalized spacial score (nSPS) is 17.8. The summed E-state index contributed by atoms with van der Waals surface area (Å²) in [6, 6.07) is 22.3. The maximum atomic E-state index is 13.2. The molecular weight excluding hydrogens is 472 g/mol. The van der Waals surface area contributed by atoms with Crippen molar-refractivity contribution in [2.75, 3.05) is 26.0 Å². The van der Waals surface area contributed by atoms with Crippen LogP contribution in [0.15, 0.2) is 82.7 Å². The first-order valence-electron chi connectivity index (χ1n) is 12.1. The van der Waals surface area contributed by atoms with E-state index in [1.165, 1.54) is 0 Å². The number of fused-ring (bicyclic) bond motifs is 1. The van der Waals surface area contributed by atoms with Crippen LogP contribution in [0.2, 0.25) is 0 Å². The van der Waals surface area contributed by atoms with Gasteiger partial charge in [-0.3, -0.25) is 9.79 Å². The Kier molecular flexibility index (Phi) is 6.75. The van der Waals surface area contributed by atoms with E-state index in [0.717, 1.165) is 36.2 Å². The lowest BCUT2D eigenvalue weighted by atomic mass is 9.90. The predicted octanol–water partition coefficient (Wildman–Crippen LogP) is 4.29. The van der Waals surface area contributed by atoms with Crippen LogP contribution >= 0.6 is 0 Å². The van der Waals surface area contributed by atoms with Crippen molar-refractivity contribution in [2.24, 2.45) is 10.9 Å². The molecule has 1 fully saturated rings. The van der Waals surface area contributed by atoms with Crippen molar-refractivity contribution in [2.45, 2.75) is 30.2 Å². The molecule has 1 saturated carbocycles. The number of aliphatic imine (C=N–C) groups is 1. The van der Waals surface area contributed by atoms with Crippen LogP contribution in [-0.4, -0.2) is 45.6 Å². The van der Waals surface area contributed by atoms with Crippen LogP contribution in [0.25, 0.3) is 0 Å². The minimum absolute atomic E-state index is 0.156. The highest BCUT2D eigenvalue weighted by molar-refractivity contribution is 7.89.